The first kappa shape index (κ1) is 10.0. The Morgan fingerprint density at radius 3 is 2.50 bits per heavy atom. The fourth-order valence-electron chi connectivity index (χ4n) is 3.03. The molecule has 80 valence electrons. The zero-order valence-corrected chi connectivity index (χ0v) is 9.21. The second-order valence-corrected chi connectivity index (χ2v) is 4.95. The van der Waals surface area contributed by atoms with Crippen molar-refractivity contribution in [3.8, 4) is 0 Å². The van der Waals surface area contributed by atoms with Crippen LogP contribution in [0.4, 0.5) is 0 Å². The second-order valence-electron chi connectivity index (χ2n) is 4.95. The lowest BCUT2D eigenvalue weighted by atomic mass is 9.68. The van der Waals surface area contributed by atoms with Gasteiger partial charge in [-0.25, -0.2) is 0 Å². The van der Waals surface area contributed by atoms with Crippen LogP contribution in [0.3, 0.4) is 0 Å². The molecule has 0 spiro atoms. The van der Waals surface area contributed by atoms with Crippen LogP contribution < -0.4 is 5.73 Å². The van der Waals surface area contributed by atoms with Crippen LogP contribution in [0.5, 0.6) is 0 Å². The normalized spacial score (nSPS) is 37.5. The number of nitrogens with two attached hydrogens (primary N) is 1. The molecule has 14 heavy (non-hydrogen) atoms. The molecule has 0 aromatic carbocycles. The van der Waals surface area contributed by atoms with Crippen molar-refractivity contribution < 1.29 is 0 Å². The largest absolute Gasteiger partial charge is 0.387 e. The molecule has 2 N–H and O–H groups in total. The maximum absolute atomic E-state index is 5.90. The van der Waals surface area contributed by atoms with E-state index in [2.05, 4.69) is 6.92 Å². The third-order valence-corrected chi connectivity index (χ3v) is 3.85. The summed E-state index contributed by atoms with van der Waals surface area (Å²) in [4.78, 5) is 4.70. The SMILES string of the molecule is CCCC(N)=NC1CC2CCC1CC2. The molecule has 3 saturated carbocycles. The van der Waals surface area contributed by atoms with Gasteiger partial charge in [0.05, 0.1) is 11.9 Å². The van der Waals surface area contributed by atoms with Crippen LogP contribution in [0, 0.1) is 11.8 Å². The van der Waals surface area contributed by atoms with Crippen LogP contribution in [0.1, 0.15) is 51.9 Å². The Kier molecular flexibility index (Phi) is 3.09. The molecule has 0 radical (unpaired) electrons. The van der Waals surface area contributed by atoms with Gasteiger partial charge in [-0.3, -0.25) is 4.99 Å². The van der Waals surface area contributed by atoms with Crippen molar-refractivity contribution in [2.75, 3.05) is 0 Å². The van der Waals surface area contributed by atoms with Gasteiger partial charge < -0.3 is 5.73 Å². The maximum Gasteiger partial charge on any atom is 0.0940 e. The molecular formula is C12H22N2. The summed E-state index contributed by atoms with van der Waals surface area (Å²) in [6, 6.07) is 0.578. The molecule has 0 aliphatic heterocycles. The predicted molar refractivity (Wildman–Crippen MR) is 60.4 cm³/mol. The highest BCUT2D eigenvalue weighted by molar-refractivity contribution is 5.80. The number of amidine groups is 1. The first-order chi connectivity index (χ1) is 6.79. The molecule has 3 rings (SSSR count). The fourth-order valence-corrected chi connectivity index (χ4v) is 3.03. The van der Waals surface area contributed by atoms with Crippen LogP contribution in [0.25, 0.3) is 0 Å². The molecule has 3 aliphatic carbocycles. The Morgan fingerprint density at radius 2 is 2.00 bits per heavy atom. The van der Waals surface area contributed by atoms with E-state index < -0.39 is 0 Å². The minimum Gasteiger partial charge on any atom is -0.387 e. The zero-order valence-electron chi connectivity index (χ0n) is 9.21. The Morgan fingerprint density at radius 1 is 1.29 bits per heavy atom. The molecular weight excluding hydrogens is 172 g/mol. The maximum atomic E-state index is 5.90. The van der Waals surface area contributed by atoms with Crippen molar-refractivity contribution in [1.29, 1.82) is 0 Å². The van der Waals surface area contributed by atoms with Crippen LogP contribution in [0.2, 0.25) is 0 Å². The van der Waals surface area contributed by atoms with Gasteiger partial charge >= 0.3 is 0 Å². The predicted octanol–water partition coefficient (Wildman–Crippen LogP) is 2.72. The molecule has 0 aromatic heterocycles. The van der Waals surface area contributed by atoms with Gasteiger partial charge in [-0.1, -0.05) is 19.8 Å². The van der Waals surface area contributed by atoms with Crippen molar-refractivity contribution >= 4 is 5.84 Å². The zero-order chi connectivity index (χ0) is 9.97. The lowest BCUT2D eigenvalue weighted by Gasteiger charge is -2.40. The van der Waals surface area contributed by atoms with Crippen LogP contribution in [-0.4, -0.2) is 11.9 Å². The van der Waals surface area contributed by atoms with E-state index in [0.29, 0.717) is 6.04 Å². The van der Waals surface area contributed by atoms with E-state index >= 15 is 0 Å². The summed E-state index contributed by atoms with van der Waals surface area (Å²) in [5, 5.41) is 0. The molecule has 0 saturated heterocycles. The minimum absolute atomic E-state index is 0.578. The Hall–Kier alpha value is -0.530. The van der Waals surface area contributed by atoms with Crippen LogP contribution in [0.15, 0.2) is 4.99 Å². The van der Waals surface area contributed by atoms with E-state index in [9.17, 15) is 0 Å². The molecule has 0 aromatic rings. The average Bonchev–Trinajstić information content (AvgIpc) is 2.19. The lowest BCUT2D eigenvalue weighted by Crippen LogP contribution is -2.35. The van der Waals surface area contributed by atoms with Gasteiger partial charge in [-0.15, -0.1) is 0 Å². The van der Waals surface area contributed by atoms with E-state index in [4.69, 9.17) is 10.7 Å². The third kappa shape index (κ3) is 2.10. The van der Waals surface area contributed by atoms with Crippen molar-refractivity contribution in [3.63, 3.8) is 0 Å². The average molecular weight is 194 g/mol. The number of nitrogens with zero attached hydrogens (tertiary/aromatic N) is 1. The Labute approximate surface area is 87.0 Å². The smallest absolute Gasteiger partial charge is 0.0940 e. The number of hydrogen-bond donors (Lipinski definition) is 1. The van der Waals surface area contributed by atoms with Crippen LogP contribution >= 0.6 is 0 Å². The van der Waals surface area contributed by atoms with Gasteiger partial charge in [-0.05, 0) is 37.5 Å². The summed E-state index contributed by atoms with van der Waals surface area (Å²) in [5.41, 5.74) is 5.90. The van der Waals surface area contributed by atoms with Gasteiger partial charge in [0.15, 0.2) is 0 Å². The molecule has 1 atom stereocenters. The van der Waals surface area contributed by atoms with E-state index in [1.54, 1.807) is 0 Å². The van der Waals surface area contributed by atoms with E-state index in [1.165, 1.54) is 32.1 Å². The lowest BCUT2D eigenvalue weighted by molar-refractivity contribution is 0.148. The van der Waals surface area contributed by atoms with Gasteiger partial charge in [0.1, 0.15) is 0 Å². The van der Waals surface area contributed by atoms with E-state index in [-0.39, 0.29) is 0 Å². The van der Waals surface area contributed by atoms with E-state index in [0.717, 1.165) is 30.5 Å². The van der Waals surface area contributed by atoms with Crippen LogP contribution in [-0.2, 0) is 0 Å². The van der Waals surface area contributed by atoms with Gasteiger partial charge in [0, 0.05) is 6.42 Å². The van der Waals surface area contributed by atoms with Crippen molar-refractivity contribution in [2.45, 2.75) is 57.9 Å². The van der Waals surface area contributed by atoms with E-state index in [1.807, 2.05) is 0 Å². The molecule has 2 nitrogen and oxygen atoms in total. The number of aliphatic imine (C=N–C) groups is 1. The van der Waals surface area contributed by atoms with Gasteiger partial charge in [0.2, 0.25) is 0 Å². The number of rotatable bonds is 3. The quantitative estimate of drug-likeness (QED) is 0.544. The number of fused-ring (bicyclic) bond motifs is 3. The van der Waals surface area contributed by atoms with Crippen molar-refractivity contribution in [3.05, 3.63) is 0 Å². The molecule has 2 bridgehead atoms. The third-order valence-electron chi connectivity index (χ3n) is 3.85. The number of hydrogen-bond acceptors (Lipinski definition) is 1. The Balaban J connectivity index is 1.95. The van der Waals surface area contributed by atoms with Crippen molar-refractivity contribution in [2.24, 2.45) is 22.6 Å². The highest BCUT2D eigenvalue weighted by Crippen LogP contribution is 2.42. The topological polar surface area (TPSA) is 38.4 Å². The molecule has 1 unspecified atom stereocenters. The molecule has 3 aliphatic rings. The summed E-state index contributed by atoms with van der Waals surface area (Å²) in [5.74, 6) is 2.71. The monoisotopic (exact) mass is 194 g/mol. The summed E-state index contributed by atoms with van der Waals surface area (Å²) in [6.45, 7) is 2.16. The molecule has 0 heterocycles. The highest BCUT2D eigenvalue weighted by atomic mass is 14.9. The molecule has 3 fully saturated rings. The van der Waals surface area contributed by atoms with Gasteiger partial charge in [-0.2, -0.15) is 0 Å². The summed E-state index contributed by atoms with van der Waals surface area (Å²) >= 11 is 0. The van der Waals surface area contributed by atoms with Crippen molar-refractivity contribution in [1.82, 2.24) is 0 Å². The first-order valence-corrected chi connectivity index (χ1v) is 6.11. The summed E-state index contributed by atoms with van der Waals surface area (Å²) in [6.07, 6.45) is 9.12. The fraction of sp³-hybridized carbons (Fsp3) is 0.917. The summed E-state index contributed by atoms with van der Waals surface area (Å²) in [7, 11) is 0. The first-order valence-electron chi connectivity index (χ1n) is 6.11. The minimum atomic E-state index is 0.578. The highest BCUT2D eigenvalue weighted by Gasteiger charge is 2.35. The standard InChI is InChI=1S/C12H22N2/c1-2-3-12(13)14-11-8-9-4-6-10(11)7-5-9/h9-11H,2-8H2,1H3,(H2,13,14). The van der Waals surface area contributed by atoms with Gasteiger partial charge in [0.25, 0.3) is 0 Å². The molecule has 0 amide bonds. The Bertz CT molecular complexity index is 214. The molecule has 2 heteroatoms. The summed E-state index contributed by atoms with van der Waals surface area (Å²) < 4.78 is 0. The second kappa shape index (κ2) is 4.33.